The summed E-state index contributed by atoms with van der Waals surface area (Å²) in [6.45, 7) is 3.51. The Morgan fingerprint density at radius 2 is 2.12 bits per heavy atom. The molecule has 1 aromatic carbocycles. The summed E-state index contributed by atoms with van der Waals surface area (Å²) in [6.07, 6.45) is 2.12. The molecule has 1 amide bonds. The molecule has 9 heteroatoms. The zero-order valence-electron chi connectivity index (χ0n) is 14.6. The van der Waals surface area contributed by atoms with Crippen molar-refractivity contribution in [3.63, 3.8) is 0 Å². The second-order valence-electron chi connectivity index (χ2n) is 6.44. The van der Waals surface area contributed by atoms with Crippen molar-refractivity contribution in [1.82, 2.24) is 19.8 Å². The molecule has 1 saturated heterocycles. The Morgan fingerprint density at radius 1 is 1.35 bits per heavy atom. The molecule has 4 rings (SSSR count). The van der Waals surface area contributed by atoms with Crippen molar-refractivity contribution in [2.75, 3.05) is 25.6 Å². The number of carbonyl (C=O) groups is 1. The van der Waals surface area contributed by atoms with Gasteiger partial charge in [-0.25, -0.2) is 4.68 Å². The van der Waals surface area contributed by atoms with Crippen LogP contribution in [0.25, 0.3) is 0 Å². The number of likely N-dealkylation sites (tertiary alicyclic amines) is 1. The molecule has 1 fully saturated rings. The molecule has 0 aliphatic carbocycles. The van der Waals surface area contributed by atoms with E-state index in [-0.39, 0.29) is 17.2 Å². The molecule has 2 aliphatic heterocycles. The first-order valence-corrected chi connectivity index (χ1v) is 9.81. The third-order valence-electron chi connectivity index (χ3n) is 4.79. The second-order valence-corrected chi connectivity index (χ2v) is 7.95. The van der Waals surface area contributed by atoms with Crippen LogP contribution in [0, 0.1) is 6.92 Å². The molecule has 0 radical (unpaired) electrons. The highest BCUT2D eigenvalue weighted by atomic mass is 35.5. The van der Waals surface area contributed by atoms with Gasteiger partial charge in [0.25, 0.3) is 0 Å². The fraction of sp³-hybridized carbons (Fsp3) is 0.471. The molecule has 2 aromatic rings. The molecular weight excluding hydrogens is 374 g/mol. The number of aryl methyl sites for hydroxylation is 1. The van der Waals surface area contributed by atoms with Crippen molar-refractivity contribution >= 4 is 29.3 Å². The van der Waals surface area contributed by atoms with E-state index in [0.29, 0.717) is 15.9 Å². The average Bonchev–Trinajstić information content (AvgIpc) is 3.30. The fourth-order valence-electron chi connectivity index (χ4n) is 3.39. The number of amides is 1. The molecule has 1 N–H and O–H groups in total. The Hall–Kier alpha value is -1.93. The summed E-state index contributed by atoms with van der Waals surface area (Å²) in [5.74, 6) is 1.50. The van der Waals surface area contributed by atoms with Crippen LogP contribution >= 0.6 is 23.4 Å². The number of nitrogens with zero attached hydrogens (tertiary/aromatic N) is 4. The normalized spacial score (nSPS) is 22.0. The maximum absolute atomic E-state index is 13.2. The van der Waals surface area contributed by atoms with Crippen LogP contribution < -0.4 is 10.2 Å². The summed E-state index contributed by atoms with van der Waals surface area (Å²) in [5, 5.41) is 9.21. The second kappa shape index (κ2) is 7.00. The molecule has 3 heterocycles. The van der Waals surface area contributed by atoms with Gasteiger partial charge in [0.2, 0.25) is 11.1 Å². The highest BCUT2D eigenvalue weighted by molar-refractivity contribution is 8.00. The van der Waals surface area contributed by atoms with Gasteiger partial charge < -0.3 is 15.1 Å². The topological polar surface area (TPSA) is 72.3 Å². The van der Waals surface area contributed by atoms with E-state index in [4.69, 9.17) is 16.3 Å². The first-order valence-electron chi connectivity index (χ1n) is 8.56. The van der Waals surface area contributed by atoms with Crippen LogP contribution in [-0.4, -0.2) is 51.1 Å². The lowest BCUT2D eigenvalue weighted by molar-refractivity contribution is -0.129. The number of fused-ring (bicyclic) bond motifs is 1. The van der Waals surface area contributed by atoms with E-state index in [1.165, 1.54) is 11.8 Å². The summed E-state index contributed by atoms with van der Waals surface area (Å²) in [5.41, 5.74) is 4.33. The largest absolute Gasteiger partial charge is 0.495 e. The highest BCUT2D eigenvalue weighted by Crippen LogP contribution is 2.40. The van der Waals surface area contributed by atoms with Crippen LogP contribution in [0.15, 0.2) is 23.4 Å². The van der Waals surface area contributed by atoms with E-state index in [2.05, 4.69) is 15.6 Å². The van der Waals surface area contributed by atoms with Gasteiger partial charge >= 0.3 is 0 Å². The van der Waals surface area contributed by atoms with E-state index in [1.54, 1.807) is 7.11 Å². The lowest BCUT2D eigenvalue weighted by atomic mass is 10.0. The minimum atomic E-state index is -0.325. The number of benzene rings is 1. The van der Waals surface area contributed by atoms with Gasteiger partial charge in [-0.1, -0.05) is 29.4 Å². The van der Waals surface area contributed by atoms with Crippen LogP contribution in [-0.2, 0) is 4.79 Å². The van der Waals surface area contributed by atoms with Gasteiger partial charge in [-0.05, 0) is 37.5 Å². The zero-order valence-corrected chi connectivity index (χ0v) is 16.2. The lowest BCUT2D eigenvalue weighted by Crippen LogP contribution is -2.45. The van der Waals surface area contributed by atoms with Gasteiger partial charge in [0, 0.05) is 13.1 Å². The smallest absolute Gasteiger partial charge is 0.238 e. The monoisotopic (exact) mass is 393 g/mol. The molecule has 0 bridgehead atoms. The third kappa shape index (κ3) is 3.01. The van der Waals surface area contributed by atoms with Crippen molar-refractivity contribution in [3.8, 4) is 5.75 Å². The Kier molecular flexibility index (Phi) is 4.71. The number of rotatable bonds is 3. The van der Waals surface area contributed by atoms with Crippen molar-refractivity contribution in [1.29, 1.82) is 0 Å². The van der Waals surface area contributed by atoms with Gasteiger partial charge in [-0.15, -0.1) is 10.2 Å². The van der Waals surface area contributed by atoms with Gasteiger partial charge in [0.05, 0.1) is 18.2 Å². The summed E-state index contributed by atoms with van der Waals surface area (Å²) in [6, 6.07) is 5.39. The molecular formula is C17H20ClN5O2S. The summed E-state index contributed by atoms with van der Waals surface area (Å²) < 4.78 is 7.08. The maximum atomic E-state index is 13.2. The van der Waals surface area contributed by atoms with E-state index < -0.39 is 0 Å². The van der Waals surface area contributed by atoms with Crippen molar-refractivity contribution < 1.29 is 9.53 Å². The van der Waals surface area contributed by atoms with Crippen LogP contribution in [0.1, 0.15) is 30.3 Å². The predicted molar refractivity (Wildman–Crippen MR) is 100 cm³/mol. The Labute approximate surface area is 161 Å². The summed E-state index contributed by atoms with van der Waals surface area (Å²) in [4.78, 5) is 15.1. The number of aromatic nitrogens is 3. The fourth-order valence-corrected chi connectivity index (χ4v) is 4.87. The van der Waals surface area contributed by atoms with Gasteiger partial charge in [-0.2, -0.15) is 0 Å². The van der Waals surface area contributed by atoms with E-state index in [9.17, 15) is 4.79 Å². The number of methoxy groups -OCH3 is 1. The Morgan fingerprint density at radius 3 is 2.81 bits per heavy atom. The van der Waals surface area contributed by atoms with Crippen molar-refractivity contribution in [3.05, 3.63) is 34.6 Å². The zero-order chi connectivity index (χ0) is 18.3. The molecule has 7 nitrogen and oxygen atoms in total. The number of carbonyl (C=O) groups excluding carboxylic acids is 1. The Bertz CT molecular complexity index is 837. The standard InChI is InChI=1S/C17H20ClN5O2S/c1-10-19-20-17-23(10)21-14(11-5-6-13(25-2)12(18)9-11)15(26-17)16(24)22-7-3-4-8-22/h5-6,9,14-15,21H,3-4,7-8H2,1-2H3/t14-,15+/m0/s1. The Balaban J connectivity index is 1.71. The van der Waals surface area contributed by atoms with Gasteiger partial charge in [-0.3, -0.25) is 4.79 Å². The quantitative estimate of drug-likeness (QED) is 0.864. The van der Waals surface area contributed by atoms with E-state index in [1.807, 2.05) is 34.7 Å². The lowest BCUT2D eigenvalue weighted by Gasteiger charge is -2.34. The minimum absolute atomic E-state index is 0.129. The molecule has 138 valence electrons. The van der Waals surface area contributed by atoms with Gasteiger partial charge in [0.1, 0.15) is 16.8 Å². The number of thioether (sulfide) groups is 1. The predicted octanol–water partition coefficient (Wildman–Crippen LogP) is 2.63. The molecule has 26 heavy (non-hydrogen) atoms. The molecule has 0 saturated carbocycles. The summed E-state index contributed by atoms with van der Waals surface area (Å²) >= 11 is 7.78. The minimum Gasteiger partial charge on any atom is -0.495 e. The van der Waals surface area contributed by atoms with Crippen LogP contribution in [0.2, 0.25) is 5.02 Å². The number of hydrogen-bond acceptors (Lipinski definition) is 6. The van der Waals surface area contributed by atoms with Crippen LogP contribution in [0.5, 0.6) is 5.75 Å². The maximum Gasteiger partial charge on any atom is 0.238 e. The van der Waals surface area contributed by atoms with E-state index >= 15 is 0 Å². The van der Waals surface area contributed by atoms with E-state index in [0.717, 1.165) is 37.3 Å². The molecule has 1 aromatic heterocycles. The van der Waals surface area contributed by atoms with Crippen LogP contribution in [0.3, 0.4) is 0 Å². The van der Waals surface area contributed by atoms with Crippen molar-refractivity contribution in [2.45, 2.75) is 36.2 Å². The van der Waals surface area contributed by atoms with Crippen LogP contribution in [0.4, 0.5) is 0 Å². The SMILES string of the molecule is COc1ccc([C@@H]2Nn3c(C)nnc3S[C@H]2C(=O)N2CCCC2)cc1Cl. The van der Waals surface area contributed by atoms with Crippen molar-refractivity contribution in [2.24, 2.45) is 0 Å². The number of halogens is 1. The van der Waals surface area contributed by atoms with Gasteiger partial charge in [0.15, 0.2) is 0 Å². The highest BCUT2D eigenvalue weighted by Gasteiger charge is 2.40. The molecule has 2 aliphatic rings. The third-order valence-corrected chi connectivity index (χ3v) is 6.29. The number of nitrogens with one attached hydrogen (secondary N) is 1. The molecule has 0 unspecified atom stereocenters. The average molecular weight is 394 g/mol. The first-order chi connectivity index (χ1) is 12.6. The number of hydrogen-bond donors (Lipinski definition) is 1. The molecule has 2 atom stereocenters. The summed E-state index contributed by atoms with van der Waals surface area (Å²) in [7, 11) is 1.59. The first kappa shape index (κ1) is 17.5. The molecule has 0 spiro atoms. The number of ether oxygens (including phenoxy) is 1.